The average molecular weight is 681 g/mol. The van der Waals surface area contributed by atoms with E-state index in [-0.39, 0.29) is 23.4 Å². The van der Waals surface area contributed by atoms with Gasteiger partial charge in [0, 0.05) is 17.1 Å². The van der Waals surface area contributed by atoms with Crippen LogP contribution in [0.15, 0.2) is 82.2 Å². The van der Waals surface area contributed by atoms with Gasteiger partial charge >= 0.3 is 0 Å². The molecule has 3 aromatic carbocycles. The molecule has 0 aliphatic heterocycles. The Labute approximate surface area is 260 Å². The lowest BCUT2D eigenvalue weighted by Crippen LogP contribution is -2.53. The molecule has 0 radical (unpaired) electrons. The van der Waals surface area contributed by atoms with Crippen LogP contribution >= 0.6 is 39.1 Å². The normalized spacial score (nSPS) is 14.7. The molecule has 1 fully saturated rings. The Morgan fingerprint density at radius 1 is 0.951 bits per heavy atom. The van der Waals surface area contributed by atoms with Crippen LogP contribution in [0, 0.1) is 0 Å². The highest BCUT2D eigenvalue weighted by atomic mass is 79.9. The van der Waals surface area contributed by atoms with Crippen LogP contribution in [0.5, 0.6) is 0 Å². The molecular formula is C30H32BrCl2N3O4S. The van der Waals surface area contributed by atoms with Gasteiger partial charge in [-0.2, -0.15) is 0 Å². The van der Waals surface area contributed by atoms with Crippen LogP contribution < -0.4 is 9.62 Å². The summed E-state index contributed by atoms with van der Waals surface area (Å²) in [5, 5.41) is 3.78. The SMILES string of the molecule is CC(C(=O)NC1CCCCC1)N(Cc1ccc(Cl)c(Cl)c1)C(=O)CN(c1ccc(Br)cc1)S(=O)(=O)c1ccccc1. The minimum Gasteiger partial charge on any atom is -0.352 e. The second kappa shape index (κ2) is 14.1. The van der Waals surface area contributed by atoms with Gasteiger partial charge in [-0.1, -0.05) is 82.7 Å². The summed E-state index contributed by atoms with van der Waals surface area (Å²) in [6, 6.07) is 18.8. The molecule has 1 unspecified atom stereocenters. The molecule has 0 aromatic heterocycles. The van der Waals surface area contributed by atoms with Crippen molar-refractivity contribution in [1.29, 1.82) is 0 Å². The summed E-state index contributed by atoms with van der Waals surface area (Å²) >= 11 is 15.7. The van der Waals surface area contributed by atoms with Gasteiger partial charge in [0.05, 0.1) is 20.6 Å². The van der Waals surface area contributed by atoms with Gasteiger partial charge in [0.2, 0.25) is 11.8 Å². The van der Waals surface area contributed by atoms with E-state index in [1.54, 1.807) is 67.6 Å². The lowest BCUT2D eigenvalue weighted by Gasteiger charge is -2.33. The fourth-order valence-electron chi connectivity index (χ4n) is 4.84. The molecule has 0 heterocycles. The molecule has 1 atom stereocenters. The Kier molecular flexibility index (Phi) is 10.7. The Morgan fingerprint density at radius 2 is 1.61 bits per heavy atom. The third-order valence-electron chi connectivity index (χ3n) is 7.18. The molecule has 0 bridgehead atoms. The number of sulfonamides is 1. The van der Waals surface area contributed by atoms with Gasteiger partial charge < -0.3 is 10.2 Å². The number of nitrogens with zero attached hydrogens (tertiary/aromatic N) is 2. The van der Waals surface area contributed by atoms with E-state index in [0.717, 1.165) is 40.9 Å². The maximum atomic E-state index is 14.0. The molecule has 1 aliphatic rings. The fraction of sp³-hybridized carbons (Fsp3) is 0.333. The number of anilines is 1. The summed E-state index contributed by atoms with van der Waals surface area (Å²) in [5.41, 5.74) is 0.977. The van der Waals surface area contributed by atoms with Crippen molar-refractivity contribution >= 4 is 66.7 Å². The first-order valence-corrected chi connectivity index (χ1v) is 16.4. The largest absolute Gasteiger partial charge is 0.352 e. The van der Waals surface area contributed by atoms with Gasteiger partial charge in [-0.05, 0) is 73.9 Å². The maximum Gasteiger partial charge on any atom is 0.264 e. The van der Waals surface area contributed by atoms with Crippen molar-refractivity contribution in [2.45, 2.75) is 62.6 Å². The summed E-state index contributed by atoms with van der Waals surface area (Å²) in [6.45, 7) is 1.18. The third-order valence-corrected chi connectivity index (χ3v) is 10.2. The van der Waals surface area contributed by atoms with E-state index in [0.29, 0.717) is 21.3 Å². The van der Waals surface area contributed by atoms with Gasteiger partial charge in [-0.15, -0.1) is 0 Å². The molecule has 218 valence electrons. The quantitative estimate of drug-likeness (QED) is 0.255. The molecular weight excluding hydrogens is 649 g/mol. The Hall–Kier alpha value is -2.59. The molecule has 1 N–H and O–H groups in total. The highest BCUT2D eigenvalue weighted by Crippen LogP contribution is 2.27. The van der Waals surface area contributed by atoms with E-state index in [2.05, 4.69) is 21.2 Å². The van der Waals surface area contributed by atoms with Gasteiger partial charge in [0.1, 0.15) is 12.6 Å². The number of nitrogens with one attached hydrogen (secondary N) is 1. The molecule has 4 rings (SSSR count). The van der Waals surface area contributed by atoms with Gasteiger partial charge in [-0.3, -0.25) is 13.9 Å². The highest BCUT2D eigenvalue weighted by molar-refractivity contribution is 9.10. The van der Waals surface area contributed by atoms with E-state index in [9.17, 15) is 18.0 Å². The van der Waals surface area contributed by atoms with E-state index >= 15 is 0 Å². The zero-order chi connectivity index (χ0) is 29.6. The summed E-state index contributed by atoms with van der Waals surface area (Å²) in [6.07, 6.45) is 5.03. The number of hydrogen-bond donors (Lipinski definition) is 1. The molecule has 3 aromatic rings. The highest BCUT2D eigenvalue weighted by Gasteiger charge is 2.33. The Bertz CT molecular complexity index is 1470. The van der Waals surface area contributed by atoms with Crippen molar-refractivity contribution < 1.29 is 18.0 Å². The minimum atomic E-state index is -4.12. The first-order valence-electron chi connectivity index (χ1n) is 13.4. The van der Waals surface area contributed by atoms with Crippen LogP contribution in [-0.4, -0.2) is 43.8 Å². The Morgan fingerprint density at radius 3 is 2.24 bits per heavy atom. The van der Waals surface area contributed by atoms with Crippen molar-refractivity contribution in [2.24, 2.45) is 0 Å². The first kappa shape index (κ1) is 31.3. The topological polar surface area (TPSA) is 86.8 Å². The second-order valence-corrected chi connectivity index (χ2v) is 13.7. The molecule has 7 nitrogen and oxygen atoms in total. The Balaban J connectivity index is 1.67. The predicted octanol–water partition coefficient (Wildman–Crippen LogP) is 6.82. The molecule has 41 heavy (non-hydrogen) atoms. The van der Waals surface area contributed by atoms with Crippen LogP contribution in [-0.2, 0) is 26.2 Å². The summed E-state index contributed by atoms with van der Waals surface area (Å²) < 4.78 is 29.5. The summed E-state index contributed by atoms with van der Waals surface area (Å²) in [7, 11) is -4.12. The molecule has 2 amide bonds. The van der Waals surface area contributed by atoms with Crippen molar-refractivity contribution in [2.75, 3.05) is 10.8 Å². The van der Waals surface area contributed by atoms with Crippen molar-refractivity contribution in [1.82, 2.24) is 10.2 Å². The standard InChI is InChI=1S/C30H32BrCl2N3O4S/c1-21(30(38)34-24-8-4-2-5-9-24)35(19-22-12-17-27(32)28(33)18-22)29(37)20-36(25-15-13-23(31)14-16-25)41(39,40)26-10-6-3-7-11-26/h3,6-7,10-18,21,24H,2,4-5,8-9,19-20H2,1H3,(H,34,38). The number of amides is 2. The summed E-state index contributed by atoms with van der Waals surface area (Å²) in [5.74, 6) is -0.823. The number of hydrogen-bond acceptors (Lipinski definition) is 4. The predicted molar refractivity (Wildman–Crippen MR) is 167 cm³/mol. The van der Waals surface area contributed by atoms with Gasteiger partial charge in [0.25, 0.3) is 10.0 Å². The average Bonchev–Trinajstić information content (AvgIpc) is 2.97. The number of halogens is 3. The second-order valence-electron chi connectivity index (χ2n) is 10.1. The van der Waals surface area contributed by atoms with Gasteiger partial charge in [0.15, 0.2) is 0 Å². The molecule has 11 heteroatoms. The van der Waals surface area contributed by atoms with Crippen molar-refractivity contribution in [3.8, 4) is 0 Å². The van der Waals surface area contributed by atoms with E-state index in [1.165, 1.54) is 17.0 Å². The van der Waals surface area contributed by atoms with E-state index in [4.69, 9.17) is 23.2 Å². The first-order chi connectivity index (χ1) is 19.6. The zero-order valence-corrected chi connectivity index (χ0v) is 26.5. The fourth-order valence-corrected chi connectivity index (χ4v) is 6.86. The molecule has 0 spiro atoms. The van der Waals surface area contributed by atoms with E-state index in [1.807, 2.05) is 0 Å². The molecule has 1 saturated carbocycles. The number of carbonyl (C=O) groups is 2. The lowest BCUT2D eigenvalue weighted by molar-refractivity contribution is -0.139. The molecule has 0 saturated heterocycles. The van der Waals surface area contributed by atoms with Crippen LogP contribution in [0.3, 0.4) is 0 Å². The minimum absolute atomic E-state index is 0.0362. The number of carbonyl (C=O) groups excluding carboxylic acids is 2. The third kappa shape index (κ3) is 8.03. The summed E-state index contributed by atoms with van der Waals surface area (Å²) in [4.78, 5) is 28.9. The number of benzene rings is 3. The van der Waals surface area contributed by atoms with Crippen molar-refractivity contribution in [3.05, 3.63) is 92.9 Å². The van der Waals surface area contributed by atoms with Crippen LogP contribution in [0.2, 0.25) is 10.0 Å². The molecule has 1 aliphatic carbocycles. The lowest BCUT2D eigenvalue weighted by atomic mass is 9.95. The van der Waals surface area contributed by atoms with Gasteiger partial charge in [-0.25, -0.2) is 8.42 Å². The maximum absolute atomic E-state index is 14.0. The van der Waals surface area contributed by atoms with Crippen LogP contribution in [0.4, 0.5) is 5.69 Å². The zero-order valence-electron chi connectivity index (χ0n) is 22.6. The van der Waals surface area contributed by atoms with E-state index < -0.39 is 28.5 Å². The van der Waals surface area contributed by atoms with Crippen LogP contribution in [0.1, 0.15) is 44.6 Å². The van der Waals surface area contributed by atoms with Crippen LogP contribution in [0.25, 0.3) is 0 Å². The monoisotopic (exact) mass is 679 g/mol. The number of rotatable bonds is 10. The van der Waals surface area contributed by atoms with Crippen molar-refractivity contribution in [3.63, 3.8) is 0 Å². The smallest absolute Gasteiger partial charge is 0.264 e.